The summed E-state index contributed by atoms with van der Waals surface area (Å²) in [5, 5.41) is 16.6. The molecule has 0 aromatic carbocycles. The molecule has 1 aromatic heterocycles. The summed E-state index contributed by atoms with van der Waals surface area (Å²) in [5.41, 5.74) is -1.44. The summed E-state index contributed by atoms with van der Waals surface area (Å²) < 4.78 is 51.2. The molecule has 7 atom stereocenters. The fraction of sp³-hybridized carbons (Fsp3) is 0.897. The molecule has 232 valence electrons. The zero-order valence-corrected chi connectivity index (χ0v) is 25.3. The number of hydrogen-bond donors (Lipinski definition) is 4. The number of nitrogens with one attached hydrogen (secondary N) is 4. The maximum atomic E-state index is 13.3. The Labute approximate surface area is 246 Å². The van der Waals surface area contributed by atoms with Gasteiger partial charge in [-0.1, -0.05) is 11.9 Å². The maximum absolute atomic E-state index is 13.3. The van der Waals surface area contributed by atoms with Gasteiger partial charge < -0.3 is 10.1 Å². The molecule has 4 aliphatic heterocycles. The van der Waals surface area contributed by atoms with Crippen molar-refractivity contribution in [3.8, 4) is 5.88 Å². The van der Waals surface area contributed by atoms with E-state index in [2.05, 4.69) is 44.5 Å². The van der Waals surface area contributed by atoms with Crippen molar-refractivity contribution >= 4 is 11.9 Å². The van der Waals surface area contributed by atoms with Gasteiger partial charge in [0.05, 0.1) is 29.7 Å². The third kappa shape index (κ3) is 6.87. The van der Waals surface area contributed by atoms with E-state index in [4.69, 9.17) is 4.74 Å². The van der Waals surface area contributed by atoms with Gasteiger partial charge in [0.1, 0.15) is 6.17 Å². The van der Waals surface area contributed by atoms with Crippen LogP contribution in [0.15, 0.2) is 12.3 Å². The van der Waals surface area contributed by atoms with Crippen LogP contribution in [-0.4, -0.2) is 70.3 Å². The topological polar surface area (TPSA) is 78.4 Å². The zero-order chi connectivity index (χ0) is 28.7. The number of fused-ring (bicyclic) bond motifs is 6. The lowest BCUT2D eigenvalue weighted by Crippen LogP contribution is -2.60. The summed E-state index contributed by atoms with van der Waals surface area (Å²) in [6.45, 7) is 7.92. The molecule has 8 nitrogen and oxygen atoms in total. The van der Waals surface area contributed by atoms with Gasteiger partial charge in [0.25, 0.3) is 0 Å². The van der Waals surface area contributed by atoms with Crippen molar-refractivity contribution in [2.45, 2.75) is 120 Å². The van der Waals surface area contributed by atoms with Crippen LogP contribution in [0.5, 0.6) is 5.88 Å². The first-order chi connectivity index (χ1) is 19.6. The second-order valence-corrected chi connectivity index (χ2v) is 14.8. The quantitative estimate of drug-likeness (QED) is 0.354. The number of nitrogens with zero attached hydrogens (tertiary/aromatic N) is 3. The van der Waals surface area contributed by atoms with Crippen LogP contribution in [0, 0.1) is 17.3 Å². The molecule has 4 bridgehead atoms. The van der Waals surface area contributed by atoms with E-state index in [1.165, 1.54) is 38.5 Å². The van der Waals surface area contributed by atoms with E-state index in [1.54, 1.807) is 6.07 Å². The van der Waals surface area contributed by atoms with Crippen molar-refractivity contribution in [1.29, 1.82) is 0 Å². The molecule has 5 aliphatic rings. The first kappa shape index (κ1) is 30.0. The minimum Gasteiger partial charge on any atom is -0.477 e. The Balaban J connectivity index is 1.11. The lowest BCUT2D eigenvalue weighted by atomic mass is 9.90. The average molecular weight is 600 g/mol. The molecule has 1 saturated carbocycles. The Bertz CT molecular complexity index is 1020. The van der Waals surface area contributed by atoms with Gasteiger partial charge in [-0.15, -0.1) is 5.10 Å². The molecule has 1 aliphatic carbocycles. The second kappa shape index (κ2) is 12.1. The Morgan fingerprint density at radius 3 is 2.76 bits per heavy atom. The monoisotopic (exact) mass is 599 g/mol. The SMILES string of the molecule is CC1(C)C[C@@H]2CCCNC3CCCC(N3)SNCC3CCC(n4ccc(OCCC5(C(F)(F)F)CC5)n4)NC3N1C2. The molecular weight excluding hydrogens is 551 g/mol. The van der Waals surface area contributed by atoms with Crippen LogP contribution < -0.4 is 25.4 Å². The largest absolute Gasteiger partial charge is 0.477 e. The van der Waals surface area contributed by atoms with Gasteiger partial charge in [-0.25, -0.2) is 0 Å². The van der Waals surface area contributed by atoms with Crippen molar-refractivity contribution in [1.82, 2.24) is 35.4 Å². The standard InChI is InChI=1S/C29H48F3N7OS/c1-27(2)17-20-5-4-14-33-22-6-3-7-25(35-22)41-34-18-21-8-9-23(36-26(21)38(27)19-20)39-15-10-24(37-39)40-16-13-28(11-12-28)29(30,31)32/h10,15,20-23,25-26,33-36H,3-9,11-14,16-19H2,1-2H3/t20-,21?,22?,23?,25?,26?/m0/s1. The van der Waals surface area contributed by atoms with Gasteiger partial charge in [-0.3, -0.25) is 24.9 Å². The van der Waals surface area contributed by atoms with Gasteiger partial charge in [0, 0.05) is 36.8 Å². The third-order valence-corrected chi connectivity index (χ3v) is 11.3. The van der Waals surface area contributed by atoms with Gasteiger partial charge in [-0.05, 0) is 96.9 Å². The Morgan fingerprint density at radius 1 is 1.10 bits per heavy atom. The molecule has 12 heteroatoms. The molecule has 41 heavy (non-hydrogen) atoms. The fourth-order valence-corrected chi connectivity index (χ4v) is 8.66. The molecule has 0 spiro atoms. The minimum absolute atomic E-state index is 0.00188. The summed E-state index contributed by atoms with van der Waals surface area (Å²) in [6, 6.07) is 1.78. The third-order valence-electron chi connectivity index (χ3n) is 10.3. The van der Waals surface area contributed by atoms with Crippen LogP contribution in [0.1, 0.15) is 90.6 Å². The summed E-state index contributed by atoms with van der Waals surface area (Å²) in [6.07, 6.45) is 8.11. The van der Waals surface area contributed by atoms with Crippen LogP contribution in [0.25, 0.3) is 0 Å². The van der Waals surface area contributed by atoms with Crippen molar-refractivity contribution < 1.29 is 17.9 Å². The van der Waals surface area contributed by atoms with Crippen molar-refractivity contribution in [2.75, 3.05) is 26.2 Å². The molecule has 4 N–H and O–H groups in total. The van der Waals surface area contributed by atoms with Crippen molar-refractivity contribution in [3.05, 3.63) is 12.3 Å². The van der Waals surface area contributed by atoms with Crippen LogP contribution in [0.2, 0.25) is 0 Å². The lowest BCUT2D eigenvalue weighted by molar-refractivity contribution is -0.190. The number of hydrogen-bond acceptors (Lipinski definition) is 8. The minimum atomic E-state index is -4.15. The highest BCUT2D eigenvalue weighted by Gasteiger charge is 2.62. The van der Waals surface area contributed by atoms with E-state index in [-0.39, 0.29) is 43.7 Å². The van der Waals surface area contributed by atoms with Gasteiger partial charge in [0.2, 0.25) is 5.88 Å². The number of alkyl halides is 3. The second-order valence-electron chi connectivity index (χ2n) is 13.7. The highest BCUT2D eigenvalue weighted by molar-refractivity contribution is 7.98. The molecule has 1 aromatic rings. The van der Waals surface area contributed by atoms with Gasteiger partial charge in [-0.2, -0.15) is 13.2 Å². The molecular formula is C29H48F3N7OS. The smallest absolute Gasteiger partial charge is 0.394 e. The van der Waals surface area contributed by atoms with Gasteiger partial charge >= 0.3 is 6.18 Å². The van der Waals surface area contributed by atoms with Crippen LogP contribution in [0.3, 0.4) is 0 Å². The molecule has 0 radical (unpaired) electrons. The highest BCUT2D eigenvalue weighted by Crippen LogP contribution is 2.59. The molecule has 6 unspecified atom stereocenters. The maximum Gasteiger partial charge on any atom is 0.394 e. The van der Waals surface area contributed by atoms with E-state index < -0.39 is 11.6 Å². The molecule has 4 saturated heterocycles. The van der Waals surface area contributed by atoms with Crippen LogP contribution in [0.4, 0.5) is 13.2 Å². The van der Waals surface area contributed by atoms with Crippen molar-refractivity contribution in [2.24, 2.45) is 17.3 Å². The lowest BCUT2D eigenvalue weighted by Gasteiger charge is -2.47. The van der Waals surface area contributed by atoms with E-state index in [0.717, 1.165) is 32.5 Å². The van der Waals surface area contributed by atoms with Gasteiger partial charge in [0.15, 0.2) is 0 Å². The van der Waals surface area contributed by atoms with Crippen molar-refractivity contribution in [3.63, 3.8) is 0 Å². The average Bonchev–Trinajstić information content (AvgIpc) is 3.48. The molecule has 5 heterocycles. The fourth-order valence-electron chi connectivity index (χ4n) is 7.63. The summed E-state index contributed by atoms with van der Waals surface area (Å²) in [4.78, 5) is 2.71. The first-order valence-electron chi connectivity index (χ1n) is 15.8. The Morgan fingerprint density at radius 2 is 1.95 bits per heavy atom. The summed E-state index contributed by atoms with van der Waals surface area (Å²) in [5.74, 6) is 1.55. The summed E-state index contributed by atoms with van der Waals surface area (Å²) in [7, 11) is 0. The van der Waals surface area contributed by atoms with E-state index in [9.17, 15) is 13.2 Å². The Hall–Kier alpha value is -1.05. The zero-order valence-electron chi connectivity index (χ0n) is 24.5. The number of halogens is 3. The first-order valence-corrected chi connectivity index (χ1v) is 16.7. The van der Waals surface area contributed by atoms with E-state index in [1.807, 2.05) is 22.8 Å². The van der Waals surface area contributed by atoms with Crippen LogP contribution in [-0.2, 0) is 0 Å². The Kier molecular flexibility index (Phi) is 8.89. The number of ether oxygens (including phenoxy) is 1. The predicted octanol–water partition coefficient (Wildman–Crippen LogP) is 4.97. The van der Waals surface area contributed by atoms with Crippen LogP contribution >= 0.6 is 11.9 Å². The number of rotatable bonds is 5. The van der Waals surface area contributed by atoms with E-state index >= 15 is 0 Å². The normalized spacial score (nSPS) is 37.4. The number of piperidine rings is 2. The predicted molar refractivity (Wildman–Crippen MR) is 155 cm³/mol. The molecule has 6 rings (SSSR count). The van der Waals surface area contributed by atoms with E-state index in [0.29, 0.717) is 29.3 Å². The highest BCUT2D eigenvalue weighted by atomic mass is 32.2. The molecule has 0 amide bonds. The number of aromatic nitrogens is 2. The molecule has 5 fully saturated rings. The summed E-state index contributed by atoms with van der Waals surface area (Å²) >= 11 is 1.85.